The van der Waals surface area contributed by atoms with E-state index in [0.717, 1.165) is 32.5 Å². The molecule has 0 aromatic heterocycles. The molecule has 0 aromatic carbocycles. The van der Waals surface area contributed by atoms with Crippen molar-refractivity contribution in [3.05, 3.63) is 0 Å². The third kappa shape index (κ3) is 26.8. The normalized spacial score (nSPS) is 10.5. The smallest absolute Gasteiger partial charge is 0.370 e. The molecule has 0 aliphatic carbocycles. The first-order chi connectivity index (χ1) is 10.1. The molecule has 0 aromatic rings. The SMILES string of the molecule is CCN(CCCN=C(N)N)CCCN=C(N)N.O=S(=O)(O)O. The van der Waals surface area contributed by atoms with Gasteiger partial charge in [0.05, 0.1) is 0 Å². The molecule has 12 heteroatoms. The molecule has 0 bridgehead atoms. The van der Waals surface area contributed by atoms with Crippen LogP contribution in [0.5, 0.6) is 0 Å². The van der Waals surface area contributed by atoms with Crippen LogP contribution in [0.2, 0.25) is 0 Å². The van der Waals surface area contributed by atoms with E-state index >= 15 is 0 Å². The molecule has 0 atom stereocenters. The summed E-state index contributed by atoms with van der Waals surface area (Å²) in [4.78, 5) is 10.2. The molecule has 10 N–H and O–H groups in total. The minimum atomic E-state index is -4.67. The number of nitrogens with zero attached hydrogens (tertiary/aromatic N) is 3. The van der Waals surface area contributed by atoms with E-state index < -0.39 is 10.4 Å². The zero-order chi connectivity index (χ0) is 17.6. The molecule has 132 valence electrons. The molecule has 0 unspecified atom stereocenters. The van der Waals surface area contributed by atoms with Crippen LogP contribution in [-0.2, 0) is 10.4 Å². The lowest BCUT2D eigenvalue weighted by molar-refractivity contribution is 0.284. The second-order valence-electron chi connectivity index (χ2n) is 4.20. The van der Waals surface area contributed by atoms with Crippen molar-refractivity contribution < 1.29 is 17.5 Å². The van der Waals surface area contributed by atoms with E-state index in [2.05, 4.69) is 21.8 Å². The predicted molar refractivity (Wildman–Crippen MR) is 86.9 cm³/mol. The van der Waals surface area contributed by atoms with Gasteiger partial charge in [-0.2, -0.15) is 8.42 Å². The first-order valence-electron chi connectivity index (χ1n) is 6.59. The molecule has 0 heterocycles. The Labute approximate surface area is 131 Å². The minimum absolute atomic E-state index is 0.154. The number of nitrogens with two attached hydrogens (primary N) is 4. The fourth-order valence-electron chi connectivity index (χ4n) is 1.43. The second kappa shape index (κ2) is 13.1. The topological polar surface area (TPSA) is 207 Å². The Balaban J connectivity index is 0. The Morgan fingerprint density at radius 2 is 1.27 bits per heavy atom. The van der Waals surface area contributed by atoms with Gasteiger partial charge in [-0.1, -0.05) is 6.92 Å². The Kier molecular flexibility index (Phi) is 13.4. The van der Waals surface area contributed by atoms with Crippen LogP contribution >= 0.6 is 0 Å². The van der Waals surface area contributed by atoms with Crippen molar-refractivity contribution in [2.45, 2.75) is 19.8 Å². The minimum Gasteiger partial charge on any atom is -0.370 e. The van der Waals surface area contributed by atoms with Crippen molar-refractivity contribution in [2.75, 3.05) is 32.7 Å². The highest BCUT2D eigenvalue weighted by Gasteiger charge is 2.00. The zero-order valence-electron chi connectivity index (χ0n) is 12.7. The van der Waals surface area contributed by atoms with Gasteiger partial charge in [0.1, 0.15) is 0 Å². The van der Waals surface area contributed by atoms with Gasteiger partial charge < -0.3 is 27.8 Å². The molecule has 0 spiro atoms. The van der Waals surface area contributed by atoms with Crippen LogP contribution in [0.25, 0.3) is 0 Å². The average molecular weight is 341 g/mol. The molecule has 0 radical (unpaired) electrons. The van der Waals surface area contributed by atoms with Crippen LogP contribution in [0.1, 0.15) is 19.8 Å². The third-order valence-electron chi connectivity index (χ3n) is 2.30. The van der Waals surface area contributed by atoms with E-state index in [1.165, 1.54) is 0 Å². The number of rotatable bonds is 9. The maximum atomic E-state index is 8.74. The Hall–Kier alpha value is -1.63. The highest BCUT2D eigenvalue weighted by molar-refractivity contribution is 7.79. The first-order valence-corrected chi connectivity index (χ1v) is 7.99. The van der Waals surface area contributed by atoms with E-state index in [-0.39, 0.29) is 11.9 Å². The van der Waals surface area contributed by atoms with E-state index in [0.29, 0.717) is 13.1 Å². The molecule has 0 rings (SSSR count). The number of hydrogen-bond acceptors (Lipinski definition) is 5. The standard InChI is InChI=1S/C10H25N7.H2O4S/c1-2-17(7-3-5-15-9(11)12)8-4-6-16-10(13)14;1-5(2,3)4/h2-8H2,1H3,(H4,11,12,15)(H4,13,14,16);(H2,1,2,3,4). The summed E-state index contributed by atoms with van der Waals surface area (Å²) in [5.41, 5.74) is 21.0. The number of hydrogen-bond donors (Lipinski definition) is 6. The van der Waals surface area contributed by atoms with Crippen LogP contribution in [0, 0.1) is 0 Å². The Morgan fingerprint density at radius 1 is 0.955 bits per heavy atom. The summed E-state index contributed by atoms with van der Waals surface area (Å²) in [7, 11) is -4.67. The van der Waals surface area contributed by atoms with Crippen molar-refractivity contribution in [3.8, 4) is 0 Å². The van der Waals surface area contributed by atoms with Crippen molar-refractivity contribution in [3.63, 3.8) is 0 Å². The van der Waals surface area contributed by atoms with Gasteiger partial charge in [-0.05, 0) is 32.5 Å². The second-order valence-corrected chi connectivity index (χ2v) is 5.10. The third-order valence-corrected chi connectivity index (χ3v) is 2.30. The van der Waals surface area contributed by atoms with Crippen LogP contribution in [0.3, 0.4) is 0 Å². The maximum absolute atomic E-state index is 8.74. The van der Waals surface area contributed by atoms with Crippen molar-refractivity contribution >= 4 is 22.3 Å². The van der Waals surface area contributed by atoms with E-state index in [1.54, 1.807) is 0 Å². The van der Waals surface area contributed by atoms with Crippen molar-refractivity contribution in [1.29, 1.82) is 0 Å². The lowest BCUT2D eigenvalue weighted by Gasteiger charge is -2.19. The van der Waals surface area contributed by atoms with E-state index in [1.807, 2.05) is 0 Å². The zero-order valence-corrected chi connectivity index (χ0v) is 13.5. The van der Waals surface area contributed by atoms with Crippen LogP contribution < -0.4 is 22.9 Å². The highest BCUT2D eigenvalue weighted by atomic mass is 32.3. The molecule has 11 nitrogen and oxygen atoms in total. The van der Waals surface area contributed by atoms with Gasteiger partial charge in [0, 0.05) is 13.1 Å². The Morgan fingerprint density at radius 3 is 1.50 bits per heavy atom. The van der Waals surface area contributed by atoms with Crippen LogP contribution in [0.15, 0.2) is 9.98 Å². The predicted octanol–water partition coefficient (Wildman–Crippen LogP) is -2.02. The van der Waals surface area contributed by atoms with Gasteiger partial charge >= 0.3 is 10.4 Å². The van der Waals surface area contributed by atoms with Crippen molar-refractivity contribution in [1.82, 2.24) is 4.90 Å². The summed E-state index contributed by atoms with van der Waals surface area (Å²) in [6, 6.07) is 0. The molecule has 0 amide bonds. The lowest BCUT2D eigenvalue weighted by atomic mass is 10.3. The van der Waals surface area contributed by atoms with Gasteiger partial charge in [0.15, 0.2) is 11.9 Å². The quantitative estimate of drug-likeness (QED) is 0.118. The summed E-state index contributed by atoms with van der Waals surface area (Å²) < 4.78 is 31.6. The lowest BCUT2D eigenvalue weighted by Crippen LogP contribution is -2.28. The molecular weight excluding hydrogens is 314 g/mol. The molecule has 0 saturated heterocycles. The summed E-state index contributed by atoms with van der Waals surface area (Å²) in [5.74, 6) is 0.307. The van der Waals surface area contributed by atoms with E-state index in [9.17, 15) is 0 Å². The monoisotopic (exact) mass is 341 g/mol. The largest absolute Gasteiger partial charge is 0.394 e. The summed E-state index contributed by atoms with van der Waals surface area (Å²) in [6.45, 7) is 6.44. The van der Waals surface area contributed by atoms with Crippen molar-refractivity contribution in [2.24, 2.45) is 32.9 Å². The fourth-order valence-corrected chi connectivity index (χ4v) is 1.43. The first kappa shape index (κ1) is 22.6. The van der Waals surface area contributed by atoms with Gasteiger partial charge in [0.2, 0.25) is 0 Å². The maximum Gasteiger partial charge on any atom is 0.394 e. The fraction of sp³-hybridized carbons (Fsp3) is 0.800. The number of guanidine groups is 2. The van der Waals surface area contributed by atoms with Gasteiger partial charge in [-0.3, -0.25) is 19.1 Å². The van der Waals surface area contributed by atoms with Gasteiger partial charge in [-0.25, -0.2) is 0 Å². The molecule has 0 aliphatic heterocycles. The average Bonchev–Trinajstić information content (AvgIpc) is 2.34. The van der Waals surface area contributed by atoms with E-state index in [4.69, 9.17) is 40.5 Å². The molecule has 22 heavy (non-hydrogen) atoms. The van der Waals surface area contributed by atoms with Gasteiger partial charge in [-0.15, -0.1) is 0 Å². The summed E-state index contributed by atoms with van der Waals surface area (Å²) in [6.07, 6.45) is 1.90. The number of aliphatic imine (C=N–C) groups is 2. The molecule has 0 saturated carbocycles. The highest BCUT2D eigenvalue weighted by Crippen LogP contribution is 1.95. The summed E-state index contributed by atoms with van der Waals surface area (Å²) >= 11 is 0. The van der Waals surface area contributed by atoms with Gasteiger partial charge in [0.25, 0.3) is 0 Å². The molecule has 0 aliphatic rings. The van der Waals surface area contributed by atoms with Crippen LogP contribution in [0.4, 0.5) is 0 Å². The van der Waals surface area contributed by atoms with Crippen LogP contribution in [-0.4, -0.2) is 67.1 Å². The molecular formula is C10H27N7O4S. The molecule has 0 fully saturated rings. The summed E-state index contributed by atoms with van der Waals surface area (Å²) in [5, 5.41) is 0. The Bertz CT molecular complexity index is 399.